The van der Waals surface area contributed by atoms with Crippen molar-refractivity contribution >= 4 is 22.5 Å². The lowest BCUT2D eigenvalue weighted by Gasteiger charge is -2.08. The molecule has 7 heteroatoms. The third-order valence-electron chi connectivity index (χ3n) is 3.50. The molecule has 0 spiro atoms. The van der Waals surface area contributed by atoms with E-state index in [1.807, 2.05) is 30.5 Å². The molecule has 5 nitrogen and oxygen atoms in total. The molecule has 4 rings (SSSR count). The van der Waals surface area contributed by atoms with E-state index in [1.54, 1.807) is 6.07 Å². The number of aromatic amines is 1. The topological polar surface area (TPSA) is 62.8 Å². The van der Waals surface area contributed by atoms with Crippen molar-refractivity contribution in [1.29, 1.82) is 0 Å². The van der Waals surface area contributed by atoms with Crippen LogP contribution in [0.1, 0.15) is 0 Å². The molecule has 0 bridgehead atoms. The van der Waals surface area contributed by atoms with Crippen LogP contribution in [0.2, 0.25) is 0 Å². The Hall–Kier alpha value is -3.48. The van der Waals surface area contributed by atoms with Crippen molar-refractivity contribution in [3.8, 4) is 11.6 Å². The molecule has 124 valence electrons. The molecule has 2 N–H and O–H groups in total. The molecule has 4 aromatic rings. The maximum atomic E-state index is 13.3. The minimum atomic E-state index is -0.685. The molecule has 0 aliphatic heterocycles. The number of aromatic nitrogens is 3. The lowest BCUT2D eigenvalue weighted by atomic mass is 10.2. The van der Waals surface area contributed by atoms with Gasteiger partial charge in [0.15, 0.2) is 0 Å². The van der Waals surface area contributed by atoms with E-state index in [0.717, 1.165) is 29.1 Å². The highest BCUT2D eigenvalue weighted by molar-refractivity contribution is 5.80. The van der Waals surface area contributed by atoms with E-state index in [9.17, 15) is 8.78 Å². The minimum absolute atomic E-state index is 0.172. The second-order valence-corrected chi connectivity index (χ2v) is 5.33. The van der Waals surface area contributed by atoms with Crippen LogP contribution in [-0.4, -0.2) is 15.0 Å². The number of nitrogens with zero attached hydrogens (tertiary/aromatic N) is 2. The van der Waals surface area contributed by atoms with Gasteiger partial charge in [0.25, 0.3) is 0 Å². The first kappa shape index (κ1) is 15.1. The molecule has 0 saturated heterocycles. The summed E-state index contributed by atoms with van der Waals surface area (Å²) in [5.41, 5.74) is 1.22. The van der Waals surface area contributed by atoms with Crippen molar-refractivity contribution in [2.24, 2.45) is 0 Å². The monoisotopic (exact) mass is 338 g/mol. The highest BCUT2D eigenvalue weighted by Gasteiger charge is 2.06. The normalized spacial score (nSPS) is 10.8. The summed E-state index contributed by atoms with van der Waals surface area (Å²) in [5.74, 6) is -0.271. The van der Waals surface area contributed by atoms with Crippen LogP contribution in [0.3, 0.4) is 0 Å². The Morgan fingerprint density at radius 3 is 2.64 bits per heavy atom. The van der Waals surface area contributed by atoms with Crippen LogP contribution in [0.4, 0.5) is 20.4 Å². The molecule has 0 amide bonds. The first-order valence-corrected chi connectivity index (χ1v) is 7.47. The van der Waals surface area contributed by atoms with Crippen LogP contribution >= 0.6 is 0 Å². The summed E-state index contributed by atoms with van der Waals surface area (Å²) in [7, 11) is 0. The van der Waals surface area contributed by atoms with E-state index in [0.29, 0.717) is 11.6 Å². The Balaban J connectivity index is 1.56. The van der Waals surface area contributed by atoms with Gasteiger partial charge >= 0.3 is 0 Å². The zero-order chi connectivity index (χ0) is 17.2. The van der Waals surface area contributed by atoms with Crippen LogP contribution in [0.25, 0.3) is 10.9 Å². The number of hydrogen-bond donors (Lipinski definition) is 2. The van der Waals surface area contributed by atoms with Crippen molar-refractivity contribution in [3.63, 3.8) is 0 Å². The fraction of sp³-hybridized carbons (Fsp3) is 0. The molecule has 2 aromatic heterocycles. The fourth-order valence-electron chi connectivity index (χ4n) is 2.43. The summed E-state index contributed by atoms with van der Waals surface area (Å²) in [6.07, 6.45) is 3.34. The van der Waals surface area contributed by atoms with Gasteiger partial charge in [-0.1, -0.05) is 0 Å². The number of ether oxygens (including phenoxy) is 1. The van der Waals surface area contributed by atoms with Gasteiger partial charge in [0.1, 0.15) is 17.4 Å². The van der Waals surface area contributed by atoms with E-state index in [4.69, 9.17) is 4.74 Å². The summed E-state index contributed by atoms with van der Waals surface area (Å²) in [6, 6.07) is 12.2. The summed E-state index contributed by atoms with van der Waals surface area (Å²) in [5, 5.41) is 3.76. The zero-order valence-corrected chi connectivity index (χ0v) is 12.8. The molecule has 0 atom stereocenters. The van der Waals surface area contributed by atoms with Crippen molar-refractivity contribution in [2.75, 3.05) is 5.32 Å². The maximum absolute atomic E-state index is 13.3. The van der Waals surface area contributed by atoms with Gasteiger partial charge in [0, 0.05) is 41.1 Å². The van der Waals surface area contributed by atoms with E-state index in [1.165, 1.54) is 6.20 Å². The highest BCUT2D eigenvalue weighted by atomic mass is 19.1. The van der Waals surface area contributed by atoms with Crippen molar-refractivity contribution < 1.29 is 13.5 Å². The SMILES string of the molecule is Fc1cc(F)cc(Nc2nccc(Oc3ccc4[nH]ccc4c3)n2)c1. The molecule has 0 unspecified atom stereocenters. The van der Waals surface area contributed by atoms with E-state index in [2.05, 4.69) is 20.3 Å². The van der Waals surface area contributed by atoms with E-state index < -0.39 is 11.6 Å². The molecule has 25 heavy (non-hydrogen) atoms. The Labute approximate surface area is 141 Å². The highest BCUT2D eigenvalue weighted by Crippen LogP contribution is 2.25. The first-order valence-electron chi connectivity index (χ1n) is 7.47. The van der Waals surface area contributed by atoms with Gasteiger partial charge in [-0.25, -0.2) is 13.8 Å². The summed E-state index contributed by atoms with van der Waals surface area (Å²) in [4.78, 5) is 11.3. The third-order valence-corrected chi connectivity index (χ3v) is 3.50. The number of H-pyrrole nitrogens is 1. The second-order valence-electron chi connectivity index (χ2n) is 5.33. The molecule has 0 saturated carbocycles. The average Bonchev–Trinajstić information content (AvgIpc) is 3.02. The number of nitrogens with one attached hydrogen (secondary N) is 2. The number of halogens is 2. The van der Waals surface area contributed by atoms with Crippen LogP contribution in [0.5, 0.6) is 11.6 Å². The fourth-order valence-corrected chi connectivity index (χ4v) is 2.43. The Kier molecular flexibility index (Phi) is 3.74. The third kappa shape index (κ3) is 3.40. The van der Waals surface area contributed by atoms with Gasteiger partial charge in [-0.3, -0.25) is 0 Å². The van der Waals surface area contributed by atoms with Crippen LogP contribution in [-0.2, 0) is 0 Å². The van der Waals surface area contributed by atoms with Gasteiger partial charge in [0.2, 0.25) is 11.8 Å². The number of rotatable bonds is 4. The average molecular weight is 338 g/mol. The first-order chi connectivity index (χ1) is 12.2. The zero-order valence-electron chi connectivity index (χ0n) is 12.8. The largest absolute Gasteiger partial charge is 0.439 e. The number of benzene rings is 2. The predicted octanol–water partition coefficient (Wildman–Crippen LogP) is 4.77. The summed E-state index contributed by atoms with van der Waals surface area (Å²) >= 11 is 0. The van der Waals surface area contributed by atoms with E-state index >= 15 is 0 Å². The van der Waals surface area contributed by atoms with Gasteiger partial charge in [-0.05, 0) is 36.4 Å². The second kappa shape index (κ2) is 6.20. The maximum Gasteiger partial charge on any atom is 0.230 e. The van der Waals surface area contributed by atoms with Gasteiger partial charge in [-0.15, -0.1) is 0 Å². The molecule has 2 heterocycles. The Morgan fingerprint density at radius 2 is 1.80 bits per heavy atom. The van der Waals surface area contributed by atoms with Crippen LogP contribution in [0.15, 0.2) is 60.9 Å². The molecular formula is C18H12F2N4O. The van der Waals surface area contributed by atoms with Crippen molar-refractivity contribution in [3.05, 3.63) is 72.6 Å². The van der Waals surface area contributed by atoms with Crippen molar-refractivity contribution in [2.45, 2.75) is 0 Å². The lowest BCUT2D eigenvalue weighted by Crippen LogP contribution is -1.99. The van der Waals surface area contributed by atoms with Crippen LogP contribution < -0.4 is 10.1 Å². The smallest absolute Gasteiger partial charge is 0.230 e. The number of anilines is 2. The molecule has 0 fully saturated rings. The molecular weight excluding hydrogens is 326 g/mol. The number of hydrogen-bond acceptors (Lipinski definition) is 4. The van der Waals surface area contributed by atoms with E-state index in [-0.39, 0.29) is 11.6 Å². The quantitative estimate of drug-likeness (QED) is 0.562. The lowest BCUT2D eigenvalue weighted by molar-refractivity contribution is 0.463. The Morgan fingerprint density at radius 1 is 0.960 bits per heavy atom. The molecule has 2 aromatic carbocycles. The molecule has 0 radical (unpaired) electrons. The summed E-state index contributed by atoms with van der Waals surface area (Å²) in [6.45, 7) is 0. The van der Waals surface area contributed by atoms with Gasteiger partial charge < -0.3 is 15.0 Å². The number of fused-ring (bicyclic) bond motifs is 1. The Bertz CT molecular complexity index is 1030. The minimum Gasteiger partial charge on any atom is -0.439 e. The standard InChI is InChI=1S/C18H12F2N4O/c19-12-8-13(20)10-14(9-12)23-18-22-6-4-17(24-18)25-15-1-2-16-11(7-15)3-5-21-16/h1-10,21H,(H,22,23,24). The van der Waals surface area contributed by atoms with Gasteiger partial charge in [-0.2, -0.15) is 4.98 Å². The van der Waals surface area contributed by atoms with Gasteiger partial charge in [0.05, 0.1) is 0 Å². The van der Waals surface area contributed by atoms with Crippen molar-refractivity contribution in [1.82, 2.24) is 15.0 Å². The molecule has 0 aliphatic carbocycles. The summed E-state index contributed by atoms with van der Waals surface area (Å²) < 4.78 is 32.2. The van der Waals surface area contributed by atoms with Crippen LogP contribution in [0, 0.1) is 11.6 Å². The predicted molar refractivity (Wildman–Crippen MR) is 90.0 cm³/mol. The molecule has 0 aliphatic rings.